The van der Waals surface area contributed by atoms with E-state index in [-0.39, 0.29) is 23.9 Å². The van der Waals surface area contributed by atoms with Crippen LogP contribution in [0.3, 0.4) is 0 Å². The smallest absolute Gasteiger partial charge is 0.243 e. The van der Waals surface area contributed by atoms with E-state index in [1.807, 2.05) is 12.1 Å². The Kier molecular flexibility index (Phi) is 6.94. The fraction of sp³-hybridized carbons (Fsp3) is 0.381. The number of carbonyl (C=O) groups is 1. The number of carbonyl (C=O) groups excluding carboxylic acids is 1. The lowest BCUT2D eigenvalue weighted by Gasteiger charge is -2.34. The monoisotopic (exact) mass is 436 g/mol. The van der Waals surface area contributed by atoms with Gasteiger partial charge >= 0.3 is 0 Å². The van der Waals surface area contributed by atoms with Crippen LogP contribution in [0, 0.1) is 5.82 Å². The van der Waals surface area contributed by atoms with Crippen molar-refractivity contribution >= 4 is 15.9 Å². The van der Waals surface area contributed by atoms with Crippen LogP contribution in [0.2, 0.25) is 0 Å². The average molecular weight is 437 g/mol. The summed E-state index contributed by atoms with van der Waals surface area (Å²) in [6.45, 7) is 0.973. The zero-order valence-electron chi connectivity index (χ0n) is 17.0. The van der Waals surface area contributed by atoms with Gasteiger partial charge in [-0.05, 0) is 42.3 Å². The van der Waals surface area contributed by atoms with Crippen LogP contribution in [0.25, 0.3) is 0 Å². The highest BCUT2D eigenvalue weighted by atomic mass is 32.2. The lowest BCUT2D eigenvalue weighted by atomic mass is 10.1. The molecule has 0 atom stereocenters. The molecule has 2 aromatic rings. The van der Waals surface area contributed by atoms with Gasteiger partial charge in [-0.3, -0.25) is 4.79 Å². The van der Waals surface area contributed by atoms with Crippen molar-refractivity contribution in [1.29, 1.82) is 0 Å². The van der Waals surface area contributed by atoms with Gasteiger partial charge in [0.2, 0.25) is 15.9 Å². The van der Waals surface area contributed by atoms with Crippen molar-refractivity contribution in [2.75, 3.05) is 40.4 Å². The molecule has 1 amide bonds. The number of hydrogen-bond acceptors (Lipinski definition) is 5. The Morgan fingerprint density at radius 2 is 1.70 bits per heavy atom. The van der Waals surface area contributed by atoms with Crippen LogP contribution in [0.1, 0.15) is 12.0 Å². The Balaban J connectivity index is 1.55. The van der Waals surface area contributed by atoms with Crippen molar-refractivity contribution in [3.05, 3.63) is 53.8 Å². The zero-order valence-corrected chi connectivity index (χ0v) is 17.8. The normalized spacial score (nSPS) is 15.1. The van der Waals surface area contributed by atoms with Crippen molar-refractivity contribution in [2.45, 2.75) is 17.7 Å². The number of piperazine rings is 1. The molecule has 1 fully saturated rings. The van der Waals surface area contributed by atoms with Crippen LogP contribution >= 0.6 is 0 Å². The molecule has 1 aliphatic rings. The summed E-state index contributed by atoms with van der Waals surface area (Å²) in [5.41, 5.74) is 0.952. The lowest BCUT2D eigenvalue weighted by Crippen LogP contribution is -2.50. The minimum absolute atomic E-state index is 0.0346. The van der Waals surface area contributed by atoms with Crippen LogP contribution in [0.4, 0.5) is 4.39 Å². The minimum atomic E-state index is -3.77. The average Bonchev–Trinajstić information content (AvgIpc) is 2.77. The third-order valence-electron chi connectivity index (χ3n) is 5.10. The first kappa shape index (κ1) is 22.0. The SMILES string of the molecule is COc1ccc(CCC(=O)N2CCN(S(=O)(=O)c3cccc(F)c3)CC2)cc1OC. The number of halogens is 1. The van der Waals surface area contributed by atoms with Crippen molar-refractivity contribution in [3.8, 4) is 11.5 Å². The molecule has 0 saturated carbocycles. The predicted molar refractivity (Wildman–Crippen MR) is 110 cm³/mol. The van der Waals surface area contributed by atoms with E-state index in [1.54, 1.807) is 25.2 Å². The fourth-order valence-corrected chi connectivity index (χ4v) is 4.85. The van der Waals surface area contributed by atoms with Gasteiger partial charge in [-0.2, -0.15) is 4.31 Å². The molecule has 1 saturated heterocycles. The molecule has 0 spiro atoms. The largest absolute Gasteiger partial charge is 0.493 e. The molecule has 1 aliphatic heterocycles. The lowest BCUT2D eigenvalue weighted by molar-refractivity contribution is -0.132. The number of nitrogens with zero attached hydrogens (tertiary/aromatic N) is 2. The summed E-state index contributed by atoms with van der Waals surface area (Å²) in [7, 11) is -0.649. The molecule has 30 heavy (non-hydrogen) atoms. The molecule has 0 aliphatic carbocycles. The highest BCUT2D eigenvalue weighted by molar-refractivity contribution is 7.89. The molecular weight excluding hydrogens is 411 g/mol. The zero-order chi connectivity index (χ0) is 21.7. The van der Waals surface area contributed by atoms with Gasteiger partial charge in [0.15, 0.2) is 11.5 Å². The molecule has 0 unspecified atom stereocenters. The number of amides is 1. The molecule has 7 nitrogen and oxygen atoms in total. The van der Waals surface area contributed by atoms with Crippen LogP contribution in [-0.2, 0) is 21.2 Å². The van der Waals surface area contributed by atoms with Gasteiger partial charge in [-0.1, -0.05) is 12.1 Å². The second-order valence-electron chi connectivity index (χ2n) is 6.93. The molecule has 2 aromatic carbocycles. The molecule has 162 valence electrons. The minimum Gasteiger partial charge on any atom is -0.493 e. The Bertz CT molecular complexity index is 1000. The van der Waals surface area contributed by atoms with E-state index in [4.69, 9.17) is 9.47 Å². The molecule has 0 radical (unpaired) electrons. The summed E-state index contributed by atoms with van der Waals surface area (Å²) in [6.07, 6.45) is 0.854. The van der Waals surface area contributed by atoms with E-state index in [1.165, 1.54) is 22.5 Å². The van der Waals surface area contributed by atoms with Gasteiger partial charge in [0.25, 0.3) is 0 Å². The molecule has 0 N–H and O–H groups in total. The summed E-state index contributed by atoms with van der Waals surface area (Å²) in [5, 5.41) is 0. The molecule has 0 bridgehead atoms. The second-order valence-corrected chi connectivity index (χ2v) is 8.87. The fourth-order valence-electron chi connectivity index (χ4n) is 3.40. The van der Waals surface area contributed by atoms with Crippen LogP contribution in [0.5, 0.6) is 11.5 Å². The molecule has 1 heterocycles. The molecular formula is C21H25FN2O5S. The first-order valence-electron chi connectivity index (χ1n) is 9.59. The highest BCUT2D eigenvalue weighted by Crippen LogP contribution is 2.28. The van der Waals surface area contributed by atoms with Gasteiger partial charge < -0.3 is 14.4 Å². The third-order valence-corrected chi connectivity index (χ3v) is 7.00. The molecule has 3 rings (SSSR count). The van der Waals surface area contributed by atoms with E-state index in [2.05, 4.69) is 0 Å². The number of sulfonamides is 1. The van der Waals surface area contributed by atoms with E-state index >= 15 is 0 Å². The van der Waals surface area contributed by atoms with Crippen LogP contribution in [0.15, 0.2) is 47.4 Å². The van der Waals surface area contributed by atoms with E-state index in [9.17, 15) is 17.6 Å². The van der Waals surface area contributed by atoms with Crippen LogP contribution < -0.4 is 9.47 Å². The van der Waals surface area contributed by atoms with Crippen molar-refractivity contribution in [3.63, 3.8) is 0 Å². The maximum absolute atomic E-state index is 13.4. The maximum Gasteiger partial charge on any atom is 0.243 e. The number of benzene rings is 2. The number of ether oxygens (including phenoxy) is 2. The van der Waals surface area contributed by atoms with Crippen LogP contribution in [-0.4, -0.2) is 63.9 Å². The predicted octanol–water partition coefficient (Wildman–Crippen LogP) is 2.31. The number of methoxy groups -OCH3 is 2. The van der Waals surface area contributed by atoms with Gasteiger partial charge in [0, 0.05) is 32.6 Å². The second kappa shape index (κ2) is 9.44. The first-order chi connectivity index (χ1) is 14.3. The summed E-state index contributed by atoms with van der Waals surface area (Å²) in [6, 6.07) is 10.5. The molecule has 9 heteroatoms. The quantitative estimate of drug-likeness (QED) is 0.666. The van der Waals surface area contributed by atoms with Crippen molar-refractivity contribution in [1.82, 2.24) is 9.21 Å². The number of hydrogen-bond donors (Lipinski definition) is 0. The Morgan fingerprint density at radius 3 is 2.33 bits per heavy atom. The van der Waals surface area contributed by atoms with Gasteiger partial charge in [-0.15, -0.1) is 0 Å². The molecule has 0 aromatic heterocycles. The number of rotatable bonds is 7. The Morgan fingerprint density at radius 1 is 1.00 bits per heavy atom. The summed E-state index contributed by atoms with van der Waals surface area (Å²) in [5.74, 6) is 0.606. The first-order valence-corrected chi connectivity index (χ1v) is 11.0. The third kappa shape index (κ3) is 4.91. The van der Waals surface area contributed by atoms with E-state index < -0.39 is 15.8 Å². The van der Waals surface area contributed by atoms with E-state index in [0.717, 1.165) is 11.6 Å². The summed E-state index contributed by atoms with van der Waals surface area (Å²) < 4.78 is 50.5. The standard InChI is InChI=1S/C21H25FN2O5S/c1-28-19-8-6-16(14-20(19)29-2)7-9-21(25)23-10-12-24(13-11-23)30(26,27)18-5-3-4-17(22)15-18/h3-6,8,14-15H,7,9-13H2,1-2H3. The van der Waals surface area contributed by atoms with Crippen molar-refractivity contribution < 1.29 is 27.1 Å². The number of aryl methyl sites for hydroxylation is 1. The maximum atomic E-state index is 13.4. The highest BCUT2D eigenvalue weighted by Gasteiger charge is 2.30. The van der Waals surface area contributed by atoms with Crippen molar-refractivity contribution in [2.24, 2.45) is 0 Å². The van der Waals surface area contributed by atoms with Gasteiger partial charge in [0.1, 0.15) is 5.82 Å². The van der Waals surface area contributed by atoms with E-state index in [0.29, 0.717) is 37.4 Å². The summed E-state index contributed by atoms with van der Waals surface area (Å²) in [4.78, 5) is 14.2. The topological polar surface area (TPSA) is 76.2 Å². The van der Waals surface area contributed by atoms with Gasteiger partial charge in [-0.25, -0.2) is 12.8 Å². The Labute approximate surface area is 176 Å². The van der Waals surface area contributed by atoms with Gasteiger partial charge in [0.05, 0.1) is 19.1 Å². The summed E-state index contributed by atoms with van der Waals surface area (Å²) >= 11 is 0. The Hall–Kier alpha value is -2.65.